The Labute approximate surface area is 163 Å². The van der Waals surface area contributed by atoms with Crippen molar-refractivity contribution in [2.45, 2.75) is 0 Å². The number of hydrogen-bond acceptors (Lipinski definition) is 3. The number of ether oxygens (including phenoxy) is 1. The van der Waals surface area contributed by atoms with Crippen molar-refractivity contribution in [2.24, 2.45) is 0 Å². The second kappa shape index (κ2) is 9.65. The first-order chi connectivity index (χ1) is 12.0. The molecule has 0 bridgehead atoms. The molecule has 0 aliphatic carbocycles. The van der Waals surface area contributed by atoms with Gasteiger partial charge in [-0.25, -0.2) is 0 Å². The summed E-state index contributed by atoms with van der Waals surface area (Å²) in [6.45, 7) is 0.403. The normalized spacial score (nSPS) is 10.2. The topological polar surface area (TPSA) is 67.4 Å². The lowest BCUT2D eigenvalue weighted by molar-refractivity contribution is -0.123. The standard InChI is InChI=1S/C17H15BrCl2N2O3/c18-13-4-2-1-3-12(13)17(24)22-8-7-21-16(23)10-25-15-6-5-11(19)9-14(15)20/h1-6,9H,7-8,10H2,(H,21,23)(H,22,24). The van der Waals surface area contributed by atoms with Gasteiger partial charge in [0.05, 0.1) is 10.6 Å². The van der Waals surface area contributed by atoms with Gasteiger partial charge in [0, 0.05) is 22.6 Å². The lowest BCUT2D eigenvalue weighted by Gasteiger charge is -2.10. The van der Waals surface area contributed by atoms with Gasteiger partial charge in [0.1, 0.15) is 5.75 Å². The van der Waals surface area contributed by atoms with E-state index in [0.717, 1.165) is 0 Å². The fraction of sp³-hybridized carbons (Fsp3) is 0.176. The van der Waals surface area contributed by atoms with Crippen molar-refractivity contribution in [2.75, 3.05) is 19.7 Å². The molecule has 2 N–H and O–H groups in total. The maximum absolute atomic E-state index is 12.0. The molecule has 2 aromatic rings. The average Bonchev–Trinajstić information content (AvgIpc) is 2.58. The van der Waals surface area contributed by atoms with E-state index in [-0.39, 0.29) is 25.0 Å². The largest absolute Gasteiger partial charge is 0.482 e. The molecule has 0 aliphatic heterocycles. The third-order valence-electron chi connectivity index (χ3n) is 3.10. The molecule has 0 atom stereocenters. The van der Waals surface area contributed by atoms with Crippen molar-refractivity contribution in [1.29, 1.82) is 0 Å². The minimum atomic E-state index is -0.318. The average molecular weight is 446 g/mol. The van der Waals surface area contributed by atoms with E-state index in [1.807, 2.05) is 6.07 Å². The summed E-state index contributed by atoms with van der Waals surface area (Å²) in [4.78, 5) is 23.7. The van der Waals surface area contributed by atoms with Gasteiger partial charge < -0.3 is 15.4 Å². The van der Waals surface area contributed by atoms with E-state index in [4.69, 9.17) is 27.9 Å². The highest BCUT2D eigenvalue weighted by atomic mass is 79.9. The molecular weight excluding hydrogens is 431 g/mol. The highest BCUT2D eigenvalue weighted by Crippen LogP contribution is 2.27. The molecule has 25 heavy (non-hydrogen) atoms. The van der Waals surface area contributed by atoms with Crippen molar-refractivity contribution in [3.63, 3.8) is 0 Å². The van der Waals surface area contributed by atoms with Crippen LogP contribution in [0.4, 0.5) is 0 Å². The molecule has 0 aliphatic rings. The molecule has 0 radical (unpaired) electrons. The van der Waals surface area contributed by atoms with Crippen LogP contribution in [0.2, 0.25) is 10.0 Å². The molecule has 132 valence electrons. The number of benzene rings is 2. The van der Waals surface area contributed by atoms with Crippen LogP contribution < -0.4 is 15.4 Å². The number of hydrogen-bond donors (Lipinski definition) is 2. The number of nitrogens with one attached hydrogen (secondary N) is 2. The van der Waals surface area contributed by atoms with Gasteiger partial charge in [0.15, 0.2) is 6.61 Å². The van der Waals surface area contributed by atoms with Crippen LogP contribution in [0.5, 0.6) is 5.75 Å². The van der Waals surface area contributed by atoms with Gasteiger partial charge in [-0.2, -0.15) is 0 Å². The summed E-state index contributed by atoms with van der Waals surface area (Å²) in [7, 11) is 0. The predicted octanol–water partition coefficient (Wildman–Crippen LogP) is 3.68. The minimum absolute atomic E-state index is 0.181. The van der Waals surface area contributed by atoms with Crippen molar-refractivity contribution >= 4 is 50.9 Å². The van der Waals surface area contributed by atoms with Gasteiger partial charge in [0.25, 0.3) is 11.8 Å². The van der Waals surface area contributed by atoms with Crippen LogP contribution in [0, 0.1) is 0 Å². The van der Waals surface area contributed by atoms with E-state index < -0.39 is 0 Å². The Balaban J connectivity index is 1.68. The first-order valence-corrected chi connectivity index (χ1v) is 8.89. The second-order valence-electron chi connectivity index (χ2n) is 4.95. The molecule has 2 aromatic carbocycles. The molecule has 5 nitrogen and oxygen atoms in total. The summed E-state index contributed by atoms with van der Waals surface area (Å²) in [5.74, 6) is -0.157. The number of rotatable bonds is 7. The van der Waals surface area contributed by atoms with Gasteiger partial charge in [-0.15, -0.1) is 0 Å². The summed E-state index contributed by atoms with van der Waals surface area (Å²) < 4.78 is 6.03. The zero-order valence-corrected chi connectivity index (χ0v) is 16.1. The van der Waals surface area contributed by atoms with Crippen LogP contribution in [-0.2, 0) is 4.79 Å². The molecule has 0 aromatic heterocycles. The first kappa shape index (κ1) is 19.6. The lowest BCUT2D eigenvalue weighted by atomic mass is 10.2. The Morgan fingerprint density at radius 2 is 1.76 bits per heavy atom. The van der Waals surface area contributed by atoms with E-state index in [1.165, 1.54) is 6.07 Å². The van der Waals surface area contributed by atoms with Crippen LogP contribution in [0.15, 0.2) is 46.9 Å². The molecule has 0 saturated heterocycles. The maximum Gasteiger partial charge on any atom is 0.258 e. The number of carbonyl (C=O) groups excluding carboxylic acids is 2. The van der Waals surface area contributed by atoms with Crippen molar-refractivity contribution in [3.8, 4) is 5.75 Å². The molecule has 0 fully saturated rings. The quantitative estimate of drug-likeness (QED) is 0.638. The molecule has 0 unspecified atom stereocenters. The Morgan fingerprint density at radius 3 is 2.48 bits per heavy atom. The molecule has 2 rings (SSSR count). The minimum Gasteiger partial charge on any atom is -0.482 e. The zero-order valence-electron chi connectivity index (χ0n) is 13.0. The predicted molar refractivity (Wildman–Crippen MR) is 101 cm³/mol. The van der Waals surface area contributed by atoms with Gasteiger partial charge in [-0.3, -0.25) is 9.59 Å². The molecule has 0 spiro atoms. The molecular formula is C17H15BrCl2N2O3. The molecule has 8 heteroatoms. The van der Waals surface area contributed by atoms with E-state index in [2.05, 4.69) is 26.6 Å². The second-order valence-corrected chi connectivity index (χ2v) is 6.65. The Morgan fingerprint density at radius 1 is 1.04 bits per heavy atom. The number of halogens is 3. The van der Waals surface area contributed by atoms with Crippen LogP contribution in [0.25, 0.3) is 0 Å². The SMILES string of the molecule is O=C(COc1ccc(Cl)cc1Cl)NCCNC(=O)c1ccccc1Br. The molecule has 0 saturated carbocycles. The summed E-state index contributed by atoms with van der Waals surface area (Å²) in [5.41, 5.74) is 0.537. The van der Waals surface area contributed by atoms with E-state index >= 15 is 0 Å². The van der Waals surface area contributed by atoms with Crippen LogP contribution in [-0.4, -0.2) is 31.5 Å². The maximum atomic E-state index is 12.0. The molecule has 0 heterocycles. The monoisotopic (exact) mass is 444 g/mol. The Hall–Kier alpha value is -1.76. The number of carbonyl (C=O) groups is 2. The fourth-order valence-electron chi connectivity index (χ4n) is 1.91. The fourth-order valence-corrected chi connectivity index (χ4v) is 2.83. The highest BCUT2D eigenvalue weighted by molar-refractivity contribution is 9.10. The summed E-state index contributed by atoms with van der Waals surface area (Å²) in [5, 5.41) is 6.19. The lowest BCUT2D eigenvalue weighted by Crippen LogP contribution is -2.36. The van der Waals surface area contributed by atoms with Crippen molar-refractivity contribution < 1.29 is 14.3 Å². The van der Waals surface area contributed by atoms with Gasteiger partial charge in [-0.1, -0.05) is 35.3 Å². The zero-order chi connectivity index (χ0) is 18.2. The van der Waals surface area contributed by atoms with Gasteiger partial charge in [0.2, 0.25) is 0 Å². The van der Waals surface area contributed by atoms with Crippen LogP contribution in [0.3, 0.4) is 0 Å². The van der Waals surface area contributed by atoms with E-state index in [9.17, 15) is 9.59 Å². The van der Waals surface area contributed by atoms with Crippen LogP contribution >= 0.6 is 39.1 Å². The summed E-state index contributed by atoms with van der Waals surface area (Å²) in [6.07, 6.45) is 0. The third kappa shape index (κ3) is 6.23. The molecule has 2 amide bonds. The number of amides is 2. The summed E-state index contributed by atoms with van der Waals surface area (Å²) >= 11 is 15.1. The van der Waals surface area contributed by atoms with Crippen molar-refractivity contribution in [3.05, 3.63) is 62.5 Å². The summed E-state index contributed by atoms with van der Waals surface area (Å²) in [6, 6.07) is 11.9. The van der Waals surface area contributed by atoms with E-state index in [0.29, 0.717) is 32.4 Å². The van der Waals surface area contributed by atoms with Gasteiger partial charge in [-0.05, 0) is 46.3 Å². The Kier molecular flexibility index (Phi) is 7.55. The van der Waals surface area contributed by atoms with Crippen molar-refractivity contribution in [1.82, 2.24) is 10.6 Å². The first-order valence-electron chi connectivity index (χ1n) is 7.34. The van der Waals surface area contributed by atoms with Crippen LogP contribution in [0.1, 0.15) is 10.4 Å². The van der Waals surface area contributed by atoms with E-state index in [1.54, 1.807) is 30.3 Å². The third-order valence-corrected chi connectivity index (χ3v) is 4.33. The Bertz CT molecular complexity index is 771. The smallest absolute Gasteiger partial charge is 0.258 e. The highest BCUT2D eigenvalue weighted by Gasteiger charge is 2.09. The van der Waals surface area contributed by atoms with Gasteiger partial charge >= 0.3 is 0 Å².